The average Bonchev–Trinajstić information content (AvgIpc) is 3.18. The van der Waals surface area contributed by atoms with E-state index < -0.39 is 5.97 Å². The molecule has 34 heavy (non-hydrogen) atoms. The fraction of sp³-hybridized carbons (Fsp3) is 0.179. The minimum Gasteiger partial charge on any atom is -0.465 e. The Hall–Kier alpha value is -3.64. The van der Waals surface area contributed by atoms with Crippen molar-refractivity contribution < 1.29 is 14.3 Å². The molecule has 5 nitrogen and oxygen atoms in total. The van der Waals surface area contributed by atoms with Gasteiger partial charge in [-0.3, -0.25) is 9.69 Å². The van der Waals surface area contributed by atoms with Crippen LogP contribution in [0.4, 0.5) is 11.4 Å². The Morgan fingerprint density at radius 1 is 0.941 bits per heavy atom. The highest BCUT2D eigenvalue weighted by Gasteiger charge is 2.35. The van der Waals surface area contributed by atoms with Gasteiger partial charge in [-0.2, -0.15) is 0 Å². The zero-order valence-electron chi connectivity index (χ0n) is 19.4. The Kier molecular flexibility index (Phi) is 7.28. The summed E-state index contributed by atoms with van der Waals surface area (Å²) in [5.41, 5.74) is 5.20. The fourth-order valence-electron chi connectivity index (χ4n) is 3.80. The van der Waals surface area contributed by atoms with Gasteiger partial charge < -0.3 is 4.74 Å². The second-order valence-corrected chi connectivity index (χ2v) is 8.73. The van der Waals surface area contributed by atoms with E-state index in [0.29, 0.717) is 15.6 Å². The summed E-state index contributed by atoms with van der Waals surface area (Å²) in [6.45, 7) is 4.18. The van der Waals surface area contributed by atoms with Gasteiger partial charge in [-0.25, -0.2) is 9.79 Å². The number of amidine groups is 1. The number of carbonyl (C=O) groups excluding carboxylic acids is 2. The van der Waals surface area contributed by atoms with Crippen LogP contribution in [0.15, 0.2) is 82.7 Å². The van der Waals surface area contributed by atoms with Crippen LogP contribution in [0.3, 0.4) is 0 Å². The molecule has 0 N–H and O–H groups in total. The molecule has 1 heterocycles. The molecule has 1 amide bonds. The first-order valence-electron chi connectivity index (χ1n) is 11.2. The quantitative estimate of drug-likeness (QED) is 0.309. The van der Waals surface area contributed by atoms with Crippen LogP contribution in [0.1, 0.15) is 40.9 Å². The van der Waals surface area contributed by atoms with Crippen LogP contribution in [-0.2, 0) is 22.4 Å². The first kappa shape index (κ1) is 23.5. The summed E-state index contributed by atoms with van der Waals surface area (Å²) >= 11 is 1.36. The molecule has 3 aromatic carbocycles. The van der Waals surface area contributed by atoms with E-state index in [1.54, 1.807) is 29.2 Å². The highest BCUT2D eigenvalue weighted by molar-refractivity contribution is 8.19. The first-order chi connectivity index (χ1) is 16.5. The number of hydrogen-bond donors (Lipinski definition) is 0. The highest BCUT2D eigenvalue weighted by Crippen LogP contribution is 2.39. The first-order valence-corrected chi connectivity index (χ1v) is 12.0. The van der Waals surface area contributed by atoms with E-state index in [2.05, 4.69) is 19.9 Å². The number of hydrogen-bond acceptors (Lipinski definition) is 5. The zero-order chi connectivity index (χ0) is 24.1. The third-order valence-electron chi connectivity index (χ3n) is 5.64. The predicted molar refractivity (Wildman–Crippen MR) is 140 cm³/mol. The van der Waals surface area contributed by atoms with Gasteiger partial charge >= 0.3 is 5.97 Å². The average molecular weight is 471 g/mol. The van der Waals surface area contributed by atoms with E-state index in [1.165, 1.54) is 18.9 Å². The number of thioether (sulfide) groups is 1. The van der Waals surface area contributed by atoms with E-state index >= 15 is 0 Å². The van der Waals surface area contributed by atoms with Crippen LogP contribution < -0.4 is 4.90 Å². The van der Waals surface area contributed by atoms with Gasteiger partial charge in [-0.1, -0.05) is 62.4 Å². The highest BCUT2D eigenvalue weighted by atomic mass is 32.2. The number of methoxy groups -OCH3 is 1. The molecule has 3 aromatic rings. The van der Waals surface area contributed by atoms with Crippen molar-refractivity contribution in [1.29, 1.82) is 0 Å². The predicted octanol–water partition coefficient (Wildman–Crippen LogP) is 6.41. The summed E-state index contributed by atoms with van der Waals surface area (Å²) < 4.78 is 4.77. The zero-order valence-corrected chi connectivity index (χ0v) is 20.3. The molecule has 0 unspecified atom stereocenters. The molecule has 4 rings (SSSR count). The summed E-state index contributed by atoms with van der Waals surface area (Å²) in [6.07, 6.45) is 3.49. The number of ether oxygens (including phenoxy) is 1. The molecule has 0 bridgehead atoms. The van der Waals surface area contributed by atoms with Crippen molar-refractivity contribution in [2.75, 3.05) is 12.0 Å². The molecule has 1 aliphatic rings. The van der Waals surface area contributed by atoms with Gasteiger partial charge in [0.05, 0.1) is 29.0 Å². The maximum Gasteiger partial charge on any atom is 0.337 e. The van der Waals surface area contributed by atoms with Crippen molar-refractivity contribution in [2.24, 2.45) is 4.99 Å². The Bertz CT molecular complexity index is 1280. The lowest BCUT2D eigenvalue weighted by Gasteiger charge is -2.19. The monoisotopic (exact) mass is 470 g/mol. The lowest BCUT2D eigenvalue weighted by Crippen LogP contribution is -2.29. The third-order valence-corrected chi connectivity index (χ3v) is 6.61. The number of anilines is 1. The number of benzene rings is 3. The number of para-hydroxylation sites is 2. The SMILES string of the molecule is CCc1ccccc1N=C1S/C(=C\c2ccc(C(=O)OC)cc2)C(=O)N1c1ccccc1CC. The third kappa shape index (κ3) is 4.82. The van der Waals surface area contributed by atoms with Crippen LogP contribution in [0, 0.1) is 0 Å². The fourth-order valence-corrected chi connectivity index (χ4v) is 4.78. The van der Waals surface area contributed by atoms with Crippen molar-refractivity contribution in [3.05, 3.63) is 100.0 Å². The summed E-state index contributed by atoms with van der Waals surface area (Å²) in [5, 5.41) is 0.629. The maximum absolute atomic E-state index is 13.6. The molecule has 0 aliphatic carbocycles. The molecule has 172 valence electrons. The second-order valence-electron chi connectivity index (χ2n) is 7.72. The minimum absolute atomic E-state index is 0.115. The van der Waals surface area contributed by atoms with E-state index in [9.17, 15) is 9.59 Å². The molecule has 1 saturated heterocycles. The molecule has 0 atom stereocenters. The van der Waals surface area contributed by atoms with Crippen LogP contribution in [0.25, 0.3) is 6.08 Å². The number of rotatable bonds is 6. The van der Waals surface area contributed by atoms with E-state index in [-0.39, 0.29) is 5.91 Å². The number of amides is 1. The smallest absolute Gasteiger partial charge is 0.337 e. The van der Waals surface area contributed by atoms with Gasteiger partial charge in [0.1, 0.15) is 0 Å². The molecule has 0 radical (unpaired) electrons. The maximum atomic E-state index is 13.6. The van der Waals surface area contributed by atoms with Crippen LogP contribution in [0.5, 0.6) is 0 Å². The van der Waals surface area contributed by atoms with Crippen molar-refractivity contribution >= 4 is 46.3 Å². The van der Waals surface area contributed by atoms with Crippen molar-refractivity contribution in [3.8, 4) is 0 Å². The summed E-state index contributed by atoms with van der Waals surface area (Å²) in [7, 11) is 1.35. The molecule has 1 aliphatic heterocycles. The van der Waals surface area contributed by atoms with Gasteiger partial charge in [0.25, 0.3) is 5.91 Å². The van der Waals surface area contributed by atoms with Gasteiger partial charge in [0, 0.05) is 0 Å². The van der Waals surface area contributed by atoms with E-state index in [4.69, 9.17) is 9.73 Å². The van der Waals surface area contributed by atoms with Gasteiger partial charge in [-0.15, -0.1) is 0 Å². The summed E-state index contributed by atoms with van der Waals surface area (Å²) in [6, 6.07) is 22.9. The van der Waals surface area contributed by atoms with Gasteiger partial charge in [0.2, 0.25) is 0 Å². The molecule has 6 heteroatoms. The number of esters is 1. The van der Waals surface area contributed by atoms with Crippen molar-refractivity contribution in [2.45, 2.75) is 26.7 Å². The van der Waals surface area contributed by atoms with Crippen LogP contribution >= 0.6 is 11.8 Å². The minimum atomic E-state index is -0.392. The Morgan fingerprint density at radius 2 is 1.59 bits per heavy atom. The molecule has 0 spiro atoms. The molecule has 0 aromatic heterocycles. The number of aryl methyl sites for hydroxylation is 2. The number of aliphatic imine (C=N–C) groups is 1. The second kappa shape index (κ2) is 10.5. The standard InChI is InChI=1S/C28H26N2O3S/c1-4-20-10-6-8-12-23(20)29-28-30(24-13-9-7-11-21(24)5-2)26(31)25(34-28)18-19-14-16-22(17-15-19)27(32)33-3/h6-18H,4-5H2,1-3H3/b25-18-,29-28?. The number of carbonyl (C=O) groups is 2. The number of nitrogens with zero attached hydrogens (tertiary/aromatic N) is 2. The lowest BCUT2D eigenvalue weighted by atomic mass is 10.1. The van der Waals surface area contributed by atoms with E-state index in [0.717, 1.165) is 40.9 Å². The molecule has 1 fully saturated rings. The summed E-state index contributed by atoms with van der Waals surface area (Å²) in [5.74, 6) is -0.507. The Morgan fingerprint density at radius 3 is 2.26 bits per heavy atom. The molecular formula is C28H26N2O3S. The van der Waals surface area contributed by atoms with Crippen molar-refractivity contribution in [1.82, 2.24) is 0 Å². The Labute approximate surface area is 204 Å². The summed E-state index contributed by atoms with van der Waals surface area (Å²) in [4.78, 5) is 32.6. The van der Waals surface area contributed by atoms with Gasteiger partial charge in [-0.05, 0) is 71.6 Å². The van der Waals surface area contributed by atoms with Crippen molar-refractivity contribution in [3.63, 3.8) is 0 Å². The Balaban J connectivity index is 1.78. The topological polar surface area (TPSA) is 59.0 Å². The lowest BCUT2D eigenvalue weighted by molar-refractivity contribution is -0.113. The molecule has 0 saturated carbocycles. The largest absolute Gasteiger partial charge is 0.465 e. The van der Waals surface area contributed by atoms with E-state index in [1.807, 2.05) is 48.5 Å². The van der Waals surface area contributed by atoms with Crippen LogP contribution in [-0.4, -0.2) is 24.2 Å². The molecular weight excluding hydrogens is 444 g/mol. The normalized spacial score (nSPS) is 15.9. The van der Waals surface area contributed by atoms with Gasteiger partial charge in [0.15, 0.2) is 5.17 Å². The van der Waals surface area contributed by atoms with Crippen LogP contribution in [0.2, 0.25) is 0 Å².